The average molecular weight is 465 g/mol. The van der Waals surface area contributed by atoms with Gasteiger partial charge < -0.3 is 9.64 Å². The van der Waals surface area contributed by atoms with Crippen LogP contribution >= 0.6 is 0 Å². The van der Waals surface area contributed by atoms with Gasteiger partial charge in [-0.25, -0.2) is 9.78 Å². The second-order valence-electron chi connectivity index (χ2n) is 8.48. The molecule has 0 saturated carbocycles. The molecule has 1 heterocycles. The van der Waals surface area contributed by atoms with Gasteiger partial charge in [0.2, 0.25) is 0 Å². The smallest absolute Gasteiger partial charge is 0.357 e. The third-order valence-corrected chi connectivity index (χ3v) is 6.51. The maximum Gasteiger partial charge on any atom is 0.357 e. The van der Waals surface area contributed by atoms with Crippen molar-refractivity contribution in [1.82, 2.24) is 4.98 Å². The van der Waals surface area contributed by atoms with Gasteiger partial charge in [0, 0.05) is 18.7 Å². The molecule has 0 spiro atoms. The summed E-state index contributed by atoms with van der Waals surface area (Å²) in [6.07, 6.45) is 0. The topological polar surface area (TPSA) is 42.4 Å². The molecule has 0 bridgehead atoms. The first kappa shape index (κ1) is 24.2. The Hall–Kier alpha value is -3.92. The largest absolute Gasteiger partial charge is 0.464 e. The number of ether oxygens (including phenoxy) is 1. The molecule has 0 N–H and O–H groups in total. The van der Waals surface area contributed by atoms with E-state index in [4.69, 9.17) is 9.72 Å². The highest BCUT2D eigenvalue weighted by atomic mass is 16.5. The molecule has 0 aliphatic rings. The van der Waals surface area contributed by atoms with Crippen LogP contribution in [-0.2, 0) is 4.74 Å². The first-order chi connectivity index (χ1) is 17.1. The molecule has 0 aliphatic heterocycles. The number of hydrogen-bond acceptors (Lipinski definition) is 4. The number of pyridine rings is 1. The Labute approximate surface area is 208 Å². The van der Waals surface area contributed by atoms with Crippen molar-refractivity contribution in [3.8, 4) is 11.1 Å². The number of benzene rings is 3. The summed E-state index contributed by atoms with van der Waals surface area (Å²) in [6, 6.07) is 30.7. The van der Waals surface area contributed by atoms with Crippen LogP contribution in [-0.4, -0.2) is 31.2 Å². The molecule has 35 heavy (non-hydrogen) atoms. The maximum atomic E-state index is 13.2. The van der Waals surface area contributed by atoms with Crippen LogP contribution < -0.4 is 4.90 Å². The summed E-state index contributed by atoms with van der Waals surface area (Å²) < 4.78 is 5.27. The number of esters is 1. The predicted molar refractivity (Wildman–Crippen MR) is 143 cm³/mol. The molecule has 0 saturated heterocycles. The van der Waals surface area contributed by atoms with Crippen LogP contribution in [0.3, 0.4) is 0 Å². The molecule has 0 amide bonds. The van der Waals surface area contributed by atoms with E-state index in [1.165, 1.54) is 7.11 Å². The number of carbonyl (C=O) groups is 1. The molecule has 4 rings (SSSR count). The average Bonchev–Trinajstić information content (AvgIpc) is 2.92. The Morgan fingerprint density at radius 3 is 1.77 bits per heavy atom. The highest BCUT2D eigenvalue weighted by Gasteiger charge is 2.30. The normalized spacial score (nSPS) is 10.9. The maximum absolute atomic E-state index is 13.2. The monoisotopic (exact) mass is 464 g/mol. The van der Waals surface area contributed by atoms with E-state index in [2.05, 4.69) is 49.9 Å². The Morgan fingerprint density at radius 1 is 0.829 bits per heavy atom. The van der Waals surface area contributed by atoms with Crippen LogP contribution in [0.2, 0.25) is 0 Å². The van der Waals surface area contributed by atoms with E-state index < -0.39 is 5.97 Å². The third kappa shape index (κ3) is 4.83. The molecule has 0 aliphatic carbocycles. The van der Waals surface area contributed by atoms with Gasteiger partial charge in [0.1, 0.15) is 0 Å². The van der Waals surface area contributed by atoms with Crippen molar-refractivity contribution in [2.45, 2.75) is 26.7 Å². The molecule has 4 aromatic rings. The van der Waals surface area contributed by atoms with Crippen LogP contribution in [0.25, 0.3) is 11.1 Å². The van der Waals surface area contributed by atoms with E-state index in [9.17, 15) is 4.79 Å². The molecular formula is C31H32N2O2. The molecule has 0 atom stereocenters. The minimum atomic E-state index is -0.432. The number of methoxy groups -OCH3 is 1. The van der Waals surface area contributed by atoms with E-state index in [1.807, 2.05) is 66.7 Å². The lowest BCUT2D eigenvalue weighted by atomic mass is 9.84. The fourth-order valence-corrected chi connectivity index (χ4v) is 4.82. The number of aromatic nitrogens is 1. The van der Waals surface area contributed by atoms with E-state index in [0.717, 1.165) is 52.3 Å². The SMILES string of the molecule is CCN(CC)c1c(C)c(C(c2ccccc2)c2ccccc2)nc(C(=O)OC)c1-c1ccccc1. The molecule has 0 unspecified atom stereocenters. The first-order valence-electron chi connectivity index (χ1n) is 12.1. The fraction of sp³-hybridized carbons (Fsp3) is 0.226. The number of rotatable bonds is 8. The summed E-state index contributed by atoms with van der Waals surface area (Å²) in [6.45, 7) is 8.02. The van der Waals surface area contributed by atoms with E-state index in [-0.39, 0.29) is 5.92 Å². The Balaban J connectivity index is 2.11. The van der Waals surface area contributed by atoms with Gasteiger partial charge >= 0.3 is 5.97 Å². The van der Waals surface area contributed by atoms with E-state index >= 15 is 0 Å². The summed E-state index contributed by atoms with van der Waals surface area (Å²) in [5, 5.41) is 0. The Kier molecular flexibility index (Phi) is 7.61. The van der Waals surface area contributed by atoms with Crippen LogP contribution in [0.1, 0.15) is 52.6 Å². The van der Waals surface area contributed by atoms with Crippen LogP contribution in [0.5, 0.6) is 0 Å². The Morgan fingerprint density at radius 2 is 1.31 bits per heavy atom. The van der Waals surface area contributed by atoms with E-state index in [0.29, 0.717) is 5.69 Å². The second-order valence-corrected chi connectivity index (χ2v) is 8.48. The minimum Gasteiger partial charge on any atom is -0.464 e. The zero-order valence-corrected chi connectivity index (χ0v) is 20.9. The number of hydrogen-bond donors (Lipinski definition) is 0. The highest BCUT2D eigenvalue weighted by Crippen LogP contribution is 2.42. The van der Waals surface area contributed by atoms with Crippen molar-refractivity contribution in [2.75, 3.05) is 25.1 Å². The summed E-state index contributed by atoms with van der Waals surface area (Å²) >= 11 is 0. The number of anilines is 1. The lowest BCUT2D eigenvalue weighted by Gasteiger charge is -2.30. The van der Waals surface area contributed by atoms with E-state index in [1.54, 1.807) is 0 Å². The molecule has 1 aromatic heterocycles. The predicted octanol–water partition coefficient (Wildman–Crippen LogP) is 6.87. The lowest BCUT2D eigenvalue weighted by Crippen LogP contribution is -2.26. The zero-order valence-electron chi connectivity index (χ0n) is 20.9. The van der Waals surface area contributed by atoms with Crippen molar-refractivity contribution in [1.29, 1.82) is 0 Å². The quantitative estimate of drug-likeness (QED) is 0.267. The van der Waals surface area contributed by atoms with Crippen molar-refractivity contribution in [3.05, 3.63) is 119 Å². The molecule has 4 heteroatoms. The Bertz CT molecular complexity index is 1230. The van der Waals surface area contributed by atoms with Gasteiger partial charge in [-0.3, -0.25) is 0 Å². The van der Waals surface area contributed by atoms with Crippen molar-refractivity contribution < 1.29 is 9.53 Å². The standard InChI is InChI=1S/C31H32N2O2/c1-5-33(6-2)30-22(3)28(26(23-16-10-7-11-17-23)24-18-12-8-13-19-24)32-29(31(34)35-4)27(30)25-20-14-9-15-21-25/h7-21,26H,5-6H2,1-4H3. The molecule has 0 fully saturated rings. The van der Waals surface area contributed by atoms with Gasteiger partial charge in [0.15, 0.2) is 5.69 Å². The summed E-state index contributed by atoms with van der Waals surface area (Å²) in [7, 11) is 1.42. The molecule has 0 radical (unpaired) electrons. The van der Waals surface area contributed by atoms with Crippen LogP contribution in [0, 0.1) is 6.92 Å². The van der Waals surface area contributed by atoms with Gasteiger partial charge in [-0.05, 0) is 43.0 Å². The number of carbonyl (C=O) groups excluding carboxylic acids is 1. The lowest BCUT2D eigenvalue weighted by molar-refractivity contribution is 0.0594. The van der Waals surface area contributed by atoms with Gasteiger partial charge in [0.05, 0.1) is 24.4 Å². The zero-order chi connectivity index (χ0) is 24.8. The number of nitrogens with zero attached hydrogens (tertiary/aromatic N) is 2. The summed E-state index contributed by atoms with van der Waals surface area (Å²) in [5.41, 5.74) is 7.34. The fourth-order valence-electron chi connectivity index (χ4n) is 4.82. The van der Waals surface area contributed by atoms with Crippen molar-refractivity contribution >= 4 is 11.7 Å². The molecule has 4 nitrogen and oxygen atoms in total. The van der Waals surface area contributed by atoms with Gasteiger partial charge in [0.25, 0.3) is 0 Å². The third-order valence-electron chi connectivity index (χ3n) is 6.51. The van der Waals surface area contributed by atoms with Crippen LogP contribution in [0.4, 0.5) is 5.69 Å². The summed E-state index contributed by atoms with van der Waals surface area (Å²) in [4.78, 5) is 20.6. The van der Waals surface area contributed by atoms with Crippen molar-refractivity contribution in [3.63, 3.8) is 0 Å². The van der Waals surface area contributed by atoms with Gasteiger partial charge in [-0.1, -0.05) is 91.0 Å². The summed E-state index contributed by atoms with van der Waals surface area (Å²) in [5.74, 6) is -0.557. The van der Waals surface area contributed by atoms with Gasteiger partial charge in [-0.15, -0.1) is 0 Å². The van der Waals surface area contributed by atoms with Gasteiger partial charge in [-0.2, -0.15) is 0 Å². The minimum absolute atomic E-state index is 0.125. The highest BCUT2D eigenvalue weighted by molar-refractivity contribution is 6.00. The van der Waals surface area contributed by atoms with Crippen LogP contribution in [0.15, 0.2) is 91.0 Å². The molecule has 3 aromatic carbocycles. The molecule has 178 valence electrons. The van der Waals surface area contributed by atoms with Crippen molar-refractivity contribution in [2.24, 2.45) is 0 Å². The first-order valence-corrected chi connectivity index (χ1v) is 12.1. The second kappa shape index (κ2) is 11.0. The molecular weight excluding hydrogens is 432 g/mol.